The van der Waals surface area contributed by atoms with E-state index in [4.69, 9.17) is 9.63 Å². The smallest absolute Gasteiger partial charge is 0.303 e. The molecule has 2 fully saturated rings. The number of carbonyl (C=O) groups is 1. The zero-order chi connectivity index (χ0) is 14.8. The largest absolute Gasteiger partial charge is 0.481 e. The van der Waals surface area contributed by atoms with Crippen LogP contribution < -0.4 is 0 Å². The van der Waals surface area contributed by atoms with E-state index in [2.05, 4.69) is 22.0 Å². The molecule has 2 aliphatic heterocycles. The summed E-state index contributed by atoms with van der Waals surface area (Å²) in [6, 6.07) is 0.974. The highest BCUT2D eigenvalue weighted by molar-refractivity contribution is 5.67. The van der Waals surface area contributed by atoms with Crippen LogP contribution in [0.4, 0.5) is 0 Å². The minimum absolute atomic E-state index is 0.309. The van der Waals surface area contributed by atoms with Gasteiger partial charge in [0.05, 0.1) is 6.54 Å². The van der Waals surface area contributed by atoms with E-state index in [1.54, 1.807) is 0 Å². The molecule has 1 aromatic rings. The topological polar surface area (TPSA) is 79.5 Å². The summed E-state index contributed by atoms with van der Waals surface area (Å²) in [4.78, 5) is 17.8. The monoisotopic (exact) mass is 293 g/mol. The Kier molecular flexibility index (Phi) is 4.24. The van der Waals surface area contributed by atoms with Crippen molar-refractivity contribution >= 4 is 5.97 Å². The number of carboxylic acid groups (broad SMARTS) is 1. The zero-order valence-corrected chi connectivity index (χ0v) is 12.5. The third-order valence-corrected chi connectivity index (χ3v) is 4.74. The normalized spacial score (nSPS) is 28.9. The molecule has 2 unspecified atom stereocenters. The number of fused-ring (bicyclic) bond motifs is 2. The number of carboxylic acids is 1. The lowest BCUT2D eigenvalue weighted by molar-refractivity contribution is -0.138. The number of rotatable bonds is 6. The molecular weight excluding hydrogens is 270 g/mol. The van der Waals surface area contributed by atoms with Gasteiger partial charge in [0.2, 0.25) is 5.89 Å². The molecule has 2 bridgehead atoms. The number of aryl methyl sites for hydroxylation is 1. The highest BCUT2D eigenvalue weighted by atomic mass is 16.5. The molecule has 1 aromatic heterocycles. The van der Waals surface area contributed by atoms with Crippen LogP contribution in [0.25, 0.3) is 0 Å². The van der Waals surface area contributed by atoms with Gasteiger partial charge in [0, 0.05) is 24.9 Å². The first-order valence-corrected chi connectivity index (χ1v) is 7.94. The van der Waals surface area contributed by atoms with Crippen LogP contribution in [0, 0.1) is 5.92 Å². The van der Waals surface area contributed by atoms with E-state index in [1.807, 2.05) is 0 Å². The molecule has 0 aliphatic carbocycles. The van der Waals surface area contributed by atoms with Crippen LogP contribution in [0.5, 0.6) is 0 Å². The zero-order valence-electron chi connectivity index (χ0n) is 12.5. The highest BCUT2D eigenvalue weighted by Crippen LogP contribution is 2.40. The van der Waals surface area contributed by atoms with Gasteiger partial charge in [-0.05, 0) is 38.0 Å². The van der Waals surface area contributed by atoms with Gasteiger partial charge in [-0.15, -0.1) is 0 Å². The van der Waals surface area contributed by atoms with E-state index in [0.717, 1.165) is 43.9 Å². The number of hydrogen-bond donors (Lipinski definition) is 1. The van der Waals surface area contributed by atoms with Crippen molar-refractivity contribution in [2.24, 2.45) is 5.92 Å². The fraction of sp³-hybridized carbons (Fsp3) is 0.800. The van der Waals surface area contributed by atoms with Gasteiger partial charge in [0.15, 0.2) is 5.82 Å². The molecule has 6 heteroatoms. The van der Waals surface area contributed by atoms with Gasteiger partial charge in [-0.3, -0.25) is 9.69 Å². The Balaban J connectivity index is 1.61. The second kappa shape index (κ2) is 6.13. The molecule has 3 rings (SSSR count). The van der Waals surface area contributed by atoms with Gasteiger partial charge >= 0.3 is 5.97 Å². The van der Waals surface area contributed by atoms with Gasteiger partial charge in [0.25, 0.3) is 0 Å². The maximum absolute atomic E-state index is 10.9. The molecule has 0 saturated carbocycles. The highest BCUT2D eigenvalue weighted by Gasteiger charge is 2.41. The molecular formula is C15H23N3O3. The number of nitrogens with zero attached hydrogens (tertiary/aromatic N) is 3. The first-order valence-electron chi connectivity index (χ1n) is 7.94. The Morgan fingerprint density at radius 2 is 2.10 bits per heavy atom. The third kappa shape index (κ3) is 3.26. The summed E-state index contributed by atoms with van der Waals surface area (Å²) in [5.41, 5.74) is 0. The number of hydrogen-bond acceptors (Lipinski definition) is 5. The van der Waals surface area contributed by atoms with Crippen molar-refractivity contribution in [3.63, 3.8) is 0 Å². The van der Waals surface area contributed by atoms with E-state index >= 15 is 0 Å². The molecule has 0 spiro atoms. The van der Waals surface area contributed by atoms with Crippen LogP contribution in [0.2, 0.25) is 0 Å². The van der Waals surface area contributed by atoms with Crippen molar-refractivity contribution in [2.45, 2.75) is 70.5 Å². The van der Waals surface area contributed by atoms with Gasteiger partial charge in [-0.25, -0.2) is 0 Å². The molecule has 2 saturated heterocycles. The summed E-state index contributed by atoms with van der Waals surface area (Å²) < 4.78 is 5.25. The molecule has 3 heterocycles. The van der Waals surface area contributed by atoms with Crippen LogP contribution in [0.15, 0.2) is 4.52 Å². The Hall–Kier alpha value is -1.43. The molecule has 21 heavy (non-hydrogen) atoms. The predicted molar refractivity (Wildman–Crippen MR) is 75.6 cm³/mol. The van der Waals surface area contributed by atoms with E-state index in [0.29, 0.717) is 24.4 Å². The average Bonchev–Trinajstić information content (AvgIpc) is 2.94. The van der Waals surface area contributed by atoms with Gasteiger partial charge in [-0.2, -0.15) is 4.98 Å². The first kappa shape index (κ1) is 14.5. The summed E-state index contributed by atoms with van der Waals surface area (Å²) in [5, 5.41) is 13.0. The summed E-state index contributed by atoms with van der Waals surface area (Å²) in [6.07, 6.45) is 6.46. The van der Waals surface area contributed by atoms with E-state index in [9.17, 15) is 4.79 Å². The molecule has 116 valence electrons. The predicted octanol–water partition coefficient (Wildman–Crippen LogP) is 2.24. The van der Waals surface area contributed by atoms with Gasteiger partial charge in [0.1, 0.15) is 0 Å². The van der Waals surface area contributed by atoms with Crippen molar-refractivity contribution < 1.29 is 14.4 Å². The molecule has 2 aliphatic rings. The minimum Gasteiger partial charge on any atom is -0.481 e. The standard InChI is InChI=1S/C15H23N3O3/c1-2-3-14-16-13(17-21-14)9-18-11-4-5-12(18)7-10(6-11)8-15(19)20/h10-12H,2-9H2,1H3,(H,19,20). The van der Waals surface area contributed by atoms with Crippen molar-refractivity contribution in [2.75, 3.05) is 0 Å². The summed E-state index contributed by atoms with van der Waals surface area (Å²) >= 11 is 0. The lowest BCUT2D eigenvalue weighted by Gasteiger charge is -2.37. The van der Waals surface area contributed by atoms with Crippen LogP contribution >= 0.6 is 0 Å². The van der Waals surface area contributed by atoms with Gasteiger partial charge < -0.3 is 9.63 Å². The maximum Gasteiger partial charge on any atom is 0.303 e. The Morgan fingerprint density at radius 3 is 2.71 bits per heavy atom. The SMILES string of the molecule is CCCc1nc(CN2C3CCC2CC(CC(=O)O)C3)no1. The van der Waals surface area contributed by atoms with Crippen molar-refractivity contribution in [1.82, 2.24) is 15.0 Å². The van der Waals surface area contributed by atoms with E-state index in [1.165, 1.54) is 12.8 Å². The Labute approximate surface area is 124 Å². The first-order chi connectivity index (χ1) is 10.2. The van der Waals surface area contributed by atoms with Crippen LogP contribution in [0.3, 0.4) is 0 Å². The molecule has 6 nitrogen and oxygen atoms in total. The van der Waals surface area contributed by atoms with Crippen molar-refractivity contribution in [3.8, 4) is 0 Å². The third-order valence-electron chi connectivity index (χ3n) is 4.74. The Bertz CT molecular complexity index is 488. The lowest BCUT2D eigenvalue weighted by Crippen LogP contribution is -2.42. The molecule has 2 atom stereocenters. The minimum atomic E-state index is -0.671. The molecule has 0 radical (unpaired) electrons. The molecule has 1 N–H and O–H groups in total. The van der Waals surface area contributed by atoms with Crippen LogP contribution in [-0.2, 0) is 17.8 Å². The summed E-state index contributed by atoms with van der Waals surface area (Å²) in [5.74, 6) is 1.15. The number of aliphatic carboxylic acids is 1. The van der Waals surface area contributed by atoms with Crippen molar-refractivity contribution in [3.05, 3.63) is 11.7 Å². The quantitative estimate of drug-likeness (QED) is 0.866. The average molecular weight is 293 g/mol. The van der Waals surface area contributed by atoms with Gasteiger partial charge in [-0.1, -0.05) is 12.1 Å². The number of aromatic nitrogens is 2. The maximum atomic E-state index is 10.9. The van der Waals surface area contributed by atoms with Crippen molar-refractivity contribution in [1.29, 1.82) is 0 Å². The summed E-state index contributed by atoms with van der Waals surface area (Å²) in [6.45, 7) is 2.83. The fourth-order valence-corrected chi connectivity index (χ4v) is 3.89. The lowest BCUT2D eigenvalue weighted by atomic mass is 9.88. The van der Waals surface area contributed by atoms with Crippen LogP contribution in [-0.4, -0.2) is 38.2 Å². The second-order valence-electron chi connectivity index (χ2n) is 6.35. The molecule has 0 amide bonds. The number of piperidine rings is 1. The fourth-order valence-electron chi connectivity index (χ4n) is 3.89. The van der Waals surface area contributed by atoms with E-state index in [-0.39, 0.29) is 0 Å². The molecule has 0 aromatic carbocycles. The summed E-state index contributed by atoms with van der Waals surface area (Å²) in [7, 11) is 0. The van der Waals surface area contributed by atoms with Crippen LogP contribution in [0.1, 0.15) is 57.2 Å². The second-order valence-corrected chi connectivity index (χ2v) is 6.35. The Morgan fingerprint density at radius 1 is 1.38 bits per heavy atom. The van der Waals surface area contributed by atoms with E-state index < -0.39 is 5.97 Å².